The van der Waals surface area contributed by atoms with E-state index in [1.54, 1.807) is 31.8 Å². The van der Waals surface area contributed by atoms with E-state index >= 15 is 0 Å². The first-order chi connectivity index (χ1) is 20.9. The number of hydrogen-bond acceptors (Lipinski definition) is 7. The number of aryl methyl sites for hydroxylation is 1. The summed E-state index contributed by atoms with van der Waals surface area (Å²) in [5.41, 5.74) is 6.91. The van der Waals surface area contributed by atoms with Crippen LogP contribution >= 0.6 is 11.8 Å². The molecule has 0 fully saturated rings. The number of H-pyrrole nitrogens is 1. The summed E-state index contributed by atoms with van der Waals surface area (Å²) in [4.78, 5) is 25.6. The fraction of sp³-hybridized carbons (Fsp3) is 0.306. The van der Waals surface area contributed by atoms with Gasteiger partial charge in [-0.15, -0.1) is 11.8 Å². The van der Waals surface area contributed by atoms with Crippen molar-refractivity contribution < 1.29 is 48.9 Å². The number of benzene rings is 2. The summed E-state index contributed by atoms with van der Waals surface area (Å²) < 4.78 is 12.1. The van der Waals surface area contributed by atoms with Crippen molar-refractivity contribution in [3.8, 4) is 28.5 Å². The van der Waals surface area contributed by atoms with Gasteiger partial charge in [-0.1, -0.05) is 65.0 Å². The van der Waals surface area contributed by atoms with Crippen molar-refractivity contribution in [1.82, 2.24) is 15.0 Å². The zero-order chi connectivity index (χ0) is 31.2. The summed E-state index contributed by atoms with van der Waals surface area (Å²) in [5, 5.41) is 13.1. The summed E-state index contributed by atoms with van der Waals surface area (Å²) in [6.45, 7) is 12.3. The molecule has 3 aromatic heterocycles. The van der Waals surface area contributed by atoms with E-state index in [0.29, 0.717) is 25.3 Å². The number of ether oxygens (including phenoxy) is 2. The van der Waals surface area contributed by atoms with Gasteiger partial charge < -0.3 is 24.4 Å². The van der Waals surface area contributed by atoms with Crippen molar-refractivity contribution in [1.29, 1.82) is 0 Å². The van der Waals surface area contributed by atoms with Crippen LogP contribution in [0.5, 0.6) is 17.4 Å². The fourth-order valence-electron chi connectivity index (χ4n) is 5.47. The van der Waals surface area contributed by atoms with E-state index < -0.39 is 11.4 Å². The molecule has 0 aliphatic carbocycles. The molecule has 1 aliphatic rings. The third-order valence-corrected chi connectivity index (χ3v) is 8.99. The Kier molecular flexibility index (Phi) is 9.43. The van der Waals surface area contributed by atoms with Crippen molar-refractivity contribution in [2.45, 2.75) is 70.6 Å². The number of carboxylic acids is 1. The van der Waals surface area contributed by atoms with Gasteiger partial charge in [0.05, 0.1) is 11.3 Å². The number of carbonyl (C=O) groups is 1. The van der Waals surface area contributed by atoms with Crippen molar-refractivity contribution >= 4 is 28.6 Å². The number of aliphatic carboxylic acids is 1. The number of aromatic amines is 1. The van der Waals surface area contributed by atoms with Crippen LogP contribution < -0.4 is 44.1 Å². The number of thioether (sulfide) groups is 1. The van der Waals surface area contributed by atoms with E-state index in [9.17, 15) is 9.90 Å². The first-order valence-corrected chi connectivity index (χ1v) is 15.6. The number of carbonyl (C=O) groups excluding carboxylic acids is 1. The molecule has 0 saturated carbocycles. The van der Waals surface area contributed by atoms with Crippen LogP contribution in [0.3, 0.4) is 0 Å². The van der Waals surface area contributed by atoms with Crippen LogP contribution in [-0.4, -0.2) is 25.7 Å². The molecule has 0 saturated heterocycles. The monoisotopic (exact) mass is 629 g/mol. The SMILES string of the molecule is Cc1ccc(COc2ccc3[nH]c(CC(C)(C)C(=O)[O-])c(SC(C)(C)C)c3c2Cc2ccccc2-c2c3ccnc2O3)nc1.[Na+]. The molecule has 5 aromatic rings. The number of carboxylic acid groups (broad SMARTS) is 1. The second-order valence-corrected chi connectivity index (χ2v) is 14.8. The van der Waals surface area contributed by atoms with Gasteiger partial charge in [0.1, 0.15) is 18.1 Å². The van der Waals surface area contributed by atoms with E-state index in [4.69, 9.17) is 9.47 Å². The van der Waals surface area contributed by atoms with Gasteiger partial charge >= 0.3 is 29.6 Å². The average Bonchev–Trinajstić information content (AvgIpc) is 3.29. The molecule has 1 N–H and O–H groups in total. The molecule has 2 bridgehead atoms. The molecule has 0 radical (unpaired) electrons. The van der Waals surface area contributed by atoms with Crippen LogP contribution in [0.15, 0.2) is 71.9 Å². The van der Waals surface area contributed by atoms with Gasteiger partial charge in [-0.05, 0) is 48.2 Å². The van der Waals surface area contributed by atoms with Gasteiger partial charge in [-0.25, -0.2) is 4.98 Å². The Balaban J connectivity index is 0.00000400. The molecule has 6 rings (SSSR count). The molecular weight excluding hydrogens is 593 g/mol. The molecule has 0 amide bonds. The summed E-state index contributed by atoms with van der Waals surface area (Å²) in [6, 6.07) is 18.2. The van der Waals surface area contributed by atoms with Crippen LogP contribution in [0.1, 0.15) is 62.7 Å². The number of rotatable bonds is 10. The number of nitrogens with zero attached hydrogens (tertiary/aromatic N) is 2. The molecular formula is C36H36N3NaO4S. The average molecular weight is 630 g/mol. The normalized spacial score (nSPS) is 12.3. The Hall–Kier alpha value is -3.30. The maximum absolute atomic E-state index is 12.1. The minimum absolute atomic E-state index is 0. The Morgan fingerprint density at radius 2 is 1.80 bits per heavy atom. The number of nitrogens with one attached hydrogen (secondary N) is 1. The van der Waals surface area contributed by atoms with Crippen LogP contribution in [-0.2, 0) is 24.2 Å². The predicted octanol–water partition coefficient (Wildman–Crippen LogP) is 4.42. The number of hydrogen-bond donors (Lipinski definition) is 1. The Labute approximate surface area is 290 Å². The second-order valence-electron chi connectivity index (χ2n) is 13.0. The zero-order valence-corrected chi connectivity index (χ0v) is 29.7. The summed E-state index contributed by atoms with van der Waals surface area (Å²) in [7, 11) is 0. The maximum Gasteiger partial charge on any atom is 1.00 e. The molecule has 2 aromatic carbocycles. The van der Waals surface area contributed by atoms with Gasteiger partial charge in [-0.2, -0.15) is 0 Å². The van der Waals surface area contributed by atoms with Crippen LogP contribution in [0.4, 0.5) is 0 Å². The van der Waals surface area contributed by atoms with Crippen LogP contribution in [0, 0.1) is 12.3 Å². The molecule has 1 aliphatic heterocycles. The minimum Gasteiger partial charge on any atom is -0.550 e. The minimum atomic E-state index is -1.08. The Morgan fingerprint density at radius 1 is 1.02 bits per heavy atom. The third-order valence-electron chi connectivity index (χ3n) is 7.72. The fourth-order valence-corrected chi connectivity index (χ4v) is 6.66. The molecule has 226 valence electrons. The summed E-state index contributed by atoms with van der Waals surface area (Å²) in [6.07, 6.45) is 4.49. The Bertz CT molecular complexity index is 1860. The van der Waals surface area contributed by atoms with E-state index in [0.717, 1.165) is 66.5 Å². The second kappa shape index (κ2) is 12.8. The van der Waals surface area contributed by atoms with Crippen LogP contribution in [0.25, 0.3) is 22.0 Å². The van der Waals surface area contributed by atoms with Crippen molar-refractivity contribution in [3.63, 3.8) is 0 Å². The molecule has 45 heavy (non-hydrogen) atoms. The van der Waals surface area contributed by atoms with Crippen molar-refractivity contribution in [2.75, 3.05) is 0 Å². The number of fused-ring (bicyclic) bond motifs is 3. The van der Waals surface area contributed by atoms with Gasteiger partial charge in [0, 0.05) is 68.1 Å². The van der Waals surface area contributed by atoms with E-state index in [2.05, 4.69) is 47.9 Å². The van der Waals surface area contributed by atoms with Gasteiger partial charge in [0.2, 0.25) is 5.88 Å². The Morgan fingerprint density at radius 3 is 2.44 bits per heavy atom. The van der Waals surface area contributed by atoms with E-state index in [1.807, 2.05) is 55.6 Å². The smallest absolute Gasteiger partial charge is 0.550 e. The first kappa shape index (κ1) is 33.1. The molecule has 0 atom stereocenters. The quantitative estimate of drug-likeness (QED) is 0.177. The third kappa shape index (κ3) is 6.94. The molecule has 7 nitrogen and oxygen atoms in total. The van der Waals surface area contributed by atoms with Crippen molar-refractivity contribution in [2.24, 2.45) is 5.41 Å². The predicted molar refractivity (Wildman–Crippen MR) is 172 cm³/mol. The molecule has 9 heteroatoms. The molecule has 4 heterocycles. The topological polar surface area (TPSA) is 100 Å². The van der Waals surface area contributed by atoms with Crippen molar-refractivity contribution in [3.05, 3.63) is 95.1 Å². The van der Waals surface area contributed by atoms with E-state index in [1.165, 1.54) is 0 Å². The van der Waals surface area contributed by atoms with E-state index in [-0.39, 0.29) is 34.3 Å². The summed E-state index contributed by atoms with van der Waals surface area (Å²) in [5.74, 6) is 1.13. The molecule has 0 unspecified atom stereocenters. The first-order valence-electron chi connectivity index (χ1n) is 14.8. The van der Waals surface area contributed by atoms with Gasteiger partial charge in [0.15, 0.2) is 0 Å². The standard InChI is InChI=1S/C36H37N3O4S.Na/c1-21-11-12-23(38-19-21)20-42-28-14-13-26-30(32(44-35(2,3)4)27(39-26)18-36(5,6)34(40)41)25(28)17-22-9-7-8-10-24(22)31-29-15-16-37-33(31)43-29;/h7-16,19,39H,17-18,20H2,1-6H3,(H,40,41);/q;+1/p-1. The van der Waals surface area contributed by atoms with Gasteiger partial charge in [0.25, 0.3) is 0 Å². The number of pyridine rings is 2. The molecule has 0 spiro atoms. The summed E-state index contributed by atoms with van der Waals surface area (Å²) >= 11 is 1.74. The number of aromatic nitrogens is 3. The maximum atomic E-state index is 12.1. The zero-order valence-electron chi connectivity index (χ0n) is 26.9. The largest absolute Gasteiger partial charge is 1.00 e. The van der Waals surface area contributed by atoms with Crippen LogP contribution in [0.2, 0.25) is 0 Å². The van der Waals surface area contributed by atoms with Gasteiger partial charge in [-0.3, -0.25) is 4.98 Å².